The maximum Gasteiger partial charge on any atom is 0.214 e. The highest BCUT2D eigenvalue weighted by molar-refractivity contribution is 6.19. The molecule has 1 atom stereocenters. The number of alkyl halides is 1. The Balaban J connectivity index is 2.39. The molecule has 18 heavy (non-hydrogen) atoms. The number of aromatic nitrogens is 1. The fourth-order valence-corrected chi connectivity index (χ4v) is 3.03. The smallest absolute Gasteiger partial charge is 0.214 e. The minimum absolute atomic E-state index is 0.115. The van der Waals surface area contributed by atoms with Crippen LogP contribution < -0.4 is 4.90 Å². The lowest BCUT2D eigenvalue weighted by atomic mass is 9.97. The third-order valence-corrected chi connectivity index (χ3v) is 3.97. The molecule has 1 aliphatic rings. The van der Waals surface area contributed by atoms with E-state index in [1.165, 1.54) is 0 Å². The summed E-state index contributed by atoms with van der Waals surface area (Å²) in [5.74, 6) is 0.741. The molecule has 1 amide bonds. The summed E-state index contributed by atoms with van der Waals surface area (Å²) >= 11 is 6.00. The zero-order valence-corrected chi connectivity index (χ0v) is 10.7. The molecule has 0 fully saturated rings. The Bertz CT molecular complexity index is 635. The van der Waals surface area contributed by atoms with Crippen LogP contribution in [0.5, 0.6) is 5.75 Å². The van der Waals surface area contributed by atoms with Crippen molar-refractivity contribution >= 4 is 34.6 Å². The number of fused-ring (bicyclic) bond motifs is 3. The Morgan fingerprint density at radius 1 is 1.67 bits per heavy atom. The van der Waals surface area contributed by atoms with Gasteiger partial charge >= 0.3 is 0 Å². The molecule has 0 radical (unpaired) electrons. The molecule has 0 bridgehead atoms. The van der Waals surface area contributed by atoms with E-state index in [9.17, 15) is 9.90 Å². The van der Waals surface area contributed by atoms with Gasteiger partial charge < -0.3 is 15.0 Å². The van der Waals surface area contributed by atoms with Crippen LogP contribution in [0.4, 0.5) is 5.69 Å². The number of carbonyl (C=O) groups is 1. The Morgan fingerprint density at radius 2 is 2.44 bits per heavy atom. The van der Waals surface area contributed by atoms with Crippen LogP contribution in [-0.4, -0.2) is 28.9 Å². The number of nitrogens with zero attached hydrogens (tertiary/aromatic N) is 1. The predicted molar refractivity (Wildman–Crippen MR) is 71.6 cm³/mol. The topological polar surface area (TPSA) is 56.3 Å². The fraction of sp³-hybridized carbons (Fsp3) is 0.308. The molecule has 5 heteroatoms. The molecule has 2 N–H and O–H groups in total. The van der Waals surface area contributed by atoms with E-state index in [0.717, 1.165) is 28.6 Å². The SMILES string of the molecule is Cc1c[nH]c2c(O)cc3c(c12)C(CCl)CN3C=O. The molecule has 0 spiro atoms. The van der Waals surface area contributed by atoms with Gasteiger partial charge in [-0.15, -0.1) is 11.6 Å². The number of aryl methyl sites for hydroxylation is 1. The first-order valence-corrected chi connectivity index (χ1v) is 6.32. The van der Waals surface area contributed by atoms with E-state index in [2.05, 4.69) is 4.98 Å². The highest BCUT2D eigenvalue weighted by Gasteiger charge is 2.31. The second-order valence-electron chi connectivity index (χ2n) is 4.66. The number of phenols is 1. The summed E-state index contributed by atoms with van der Waals surface area (Å²) in [5.41, 5.74) is 3.60. The molecule has 3 rings (SSSR count). The van der Waals surface area contributed by atoms with Gasteiger partial charge in [-0.25, -0.2) is 0 Å². The number of hydrogen-bond donors (Lipinski definition) is 2. The minimum atomic E-state index is 0.115. The average molecular weight is 265 g/mol. The van der Waals surface area contributed by atoms with Crippen LogP contribution >= 0.6 is 11.6 Å². The average Bonchev–Trinajstić information content (AvgIpc) is 2.90. The monoisotopic (exact) mass is 264 g/mol. The number of benzene rings is 1. The summed E-state index contributed by atoms with van der Waals surface area (Å²) < 4.78 is 0. The van der Waals surface area contributed by atoms with Gasteiger partial charge in [0.05, 0.1) is 11.2 Å². The van der Waals surface area contributed by atoms with Gasteiger partial charge in [0.25, 0.3) is 0 Å². The van der Waals surface area contributed by atoms with Crippen molar-refractivity contribution in [2.45, 2.75) is 12.8 Å². The standard InChI is InChI=1S/C13H13ClN2O2/c1-7-4-15-13-10(18)2-9-12(11(7)13)8(3-14)5-16(9)6-17/h2,4,6,8,15,18H,3,5H2,1H3. The zero-order chi connectivity index (χ0) is 12.9. The number of rotatable bonds is 2. The maximum atomic E-state index is 11.1. The van der Waals surface area contributed by atoms with Crippen LogP contribution in [0.1, 0.15) is 17.0 Å². The first kappa shape index (κ1) is 11.4. The summed E-state index contributed by atoms with van der Waals surface area (Å²) in [7, 11) is 0. The van der Waals surface area contributed by atoms with Crippen molar-refractivity contribution in [3.63, 3.8) is 0 Å². The van der Waals surface area contributed by atoms with Gasteiger partial charge in [0, 0.05) is 36.0 Å². The van der Waals surface area contributed by atoms with E-state index < -0.39 is 0 Å². The lowest BCUT2D eigenvalue weighted by Gasteiger charge is -2.11. The second-order valence-corrected chi connectivity index (χ2v) is 4.97. The Labute approximate surface area is 109 Å². The summed E-state index contributed by atoms with van der Waals surface area (Å²) in [5, 5.41) is 11.0. The van der Waals surface area contributed by atoms with Crippen molar-refractivity contribution in [1.82, 2.24) is 4.98 Å². The summed E-state index contributed by atoms with van der Waals surface area (Å²) in [6.45, 7) is 2.55. The van der Waals surface area contributed by atoms with E-state index in [0.29, 0.717) is 17.9 Å². The quantitative estimate of drug-likeness (QED) is 0.647. The Morgan fingerprint density at radius 3 is 3.11 bits per heavy atom. The number of H-pyrrole nitrogens is 1. The lowest BCUT2D eigenvalue weighted by Crippen LogP contribution is -2.19. The number of halogens is 1. The van der Waals surface area contributed by atoms with E-state index >= 15 is 0 Å². The van der Waals surface area contributed by atoms with Gasteiger partial charge in [-0.3, -0.25) is 4.79 Å². The van der Waals surface area contributed by atoms with E-state index in [1.54, 1.807) is 11.0 Å². The van der Waals surface area contributed by atoms with Gasteiger partial charge in [-0.1, -0.05) is 0 Å². The number of carbonyl (C=O) groups excluding carboxylic acids is 1. The molecular weight excluding hydrogens is 252 g/mol. The Hall–Kier alpha value is -1.68. The van der Waals surface area contributed by atoms with Crippen LogP contribution in [0.25, 0.3) is 10.9 Å². The normalized spacial score (nSPS) is 18.3. The molecule has 4 nitrogen and oxygen atoms in total. The van der Waals surface area contributed by atoms with Gasteiger partial charge in [-0.05, 0) is 18.1 Å². The van der Waals surface area contributed by atoms with Gasteiger partial charge in [0.15, 0.2) is 0 Å². The zero-order valence-electron chi connectivity index (χ0n) is 9.90. The molecule has 2 heterocycles. The van der Waals surface area contributed by atoms with Crippen LogP contribution in [0.15, 0.2) is 12.3 Å². The molecule has 1 aliphatic heterocycles. The van der Waals surface area contributed by atoms with Crippen LogP contribution in [0.3, 0.4) is 0 Å². The highest BCUT2D eigenvalue weighted by atomic mass is 35.5. The molecule has 94 valence electrons. The first-order valence-electron chi connectivity index (χ1n) is 5.78. The summed E-state index contributed by atoms with van der Waals surface area (Å²) in [6, 6.07) is 1.63. The minimum Gasteiger partial charge on any atom is -0.506 e. The molecule has 0 aliphatic carbocycles. The van der Waals surface area contributed by atoms with E-state index in [4.69, 9.17) is 11.6 Å². The molecule has 0 saturated heterocycles. The third kappa shape index (κ3) is 1.35. The number of anilines is 1. The molecule has 1 aromatic carbocycles. The summed E-state index contributed by atoms with van der Waals surface area (Å²) in [6.07, 6.45) is 2.65. The first-order chi connectivity index (χ1) is 8.67. The van der Waals surface area contributed by atoms with Gasteiger partial charge in [-0.2, -0.15) is 0 Å². The van der Waals surface area contributed by atoms with Crippen molar-refractivity contribution in [1.29, 1.82) is 0 Å². The predicted octanol–water partition coefficient (Wildman–Crippen LogP) is 2.48. The van der Waals surface area contributed by atoms with Crippen molar-refractivity contribution < 1.29 is 9.90 Å². The number of phenolic OH excluding ortho intramolecular Hbond substituents is 1. The largest absolute Gasteiger partial charge is 0.506 e. The number of aromatic hydroxyl groups is 1. The molecule has 1 unspecified atom stereocenters. The van der Waals surface area contributed by atoms with Crippen molar-refractivity contribution in [3.8, 4) is 5.75 Å². The molecular formula is C13H13ClN2O2. The molecule has 0 saturated carbocycles. The maximum absolute atomic E-state index is 11.1. The van der Waals surface area contributed by atoms with Crippen LogP contribution in [0.2, 0.25) is 0 Å². The van der Waals surface area contributed by atoms with Crippen LogP contribution in [0, 0.1) is 6.92 Å². The number of amides is 1. The van der Waals surface area contributed by atoms with E-state index in [1.807, 2.05) is 13.1 Å². The van der Waals surface area contributed by atoms with Crippen LogP contribution in [-0.2, 0) is 4.79 Å². The summed E-state index contributed by atoms with van der Waals surface area (Å²) in [4.78, 5) is 15.8. The van der Waals surface area contributed by atoms with Crippen molar-refractivity contribution in [3.05, 3.63) is 23.4 Å². The van der Waals surface area contributed by atoms with Gasteiger partial charge in [0.1, 0.15) is 5.75 Å². The second kappa shape index (κ2) is 3.92. The fourth-order valence-electron chi connectivity index (χ4n) is 2.78. The van der Waals surface area contributed by atoms with Crippen molar-refractivity contribution in [2.24, 2.45) is 0 Å². The van der Waals surface area contributed by atoms with Crippen molar-refractivity contribution in [2.75, 3.05) is 17.3 Å². The Kier molecular flexibility index (Phi) is 2.48. The van der Waals surface area contributed by atoms with Gasteiger partial charge in [0.2, 0.25) is 6.41 Å². The number of nitrogens with one attached hydrogen (secondary N) is 1. The molecule has 1 aromatic heterocycles. The van der Waals surface area contributed by atoms with E-state index in [-0.39, 0.29) is 11.7 Å². The highest BCUT2D eigenvalue weighted by Crippen LogP contribution is 2.45. The lowest BCUT2D eigenvalue weighted by molar-refractivity contribution is -0.107. The number of hydrogen-bond acceptors (Lipinski definition) is 2. The number of aromatic amines is 1. The third-order valence-electron chi connectivity index (χ3n) is 3.60. The molecule has 2 aromatic rings.